The number of carbonyl (C=O) groups is 1. The molecule has 0 aromatic heterocycles. The number of likely N-dealkylation sites (tertiary alicyclic amines) is 1. The van der Waals surface area contributed by atoms with Crippen molar-refractivity contribution in [3.05, 3.63) is 33.8 Å². The zero-order valence-electron chi connectivity index (χ0n) is 9.49. The van der Waals surface area contributed by atoms with Gasteiger partial charge in [-0.2, -0.15) is 0 Å². The lowest BCUT2D eigenvalue weighted by molar-refractivity contribution is 0.0787. The van der Waals surface area contributed by atoms with Crippen LogP contribution >= 0.6 is 23.2 Å². The van der Waals surface area contributed by atoms with Gasteiger partial charge in [0.2, 0.25) is 0 Å². The molecule has 1 fully saturated rings. The third-order valence-electron chi connectivity index (χ3n) is 3.14. The minimum Gasteiger partial charge on any atom is -0.337 e. The molecular weight excluding hydrogens is 259 g/mol. The zero-order chi connectivity index (χ0) is 12.6. The van der Waals surface area contributed by atoms with Gasteiger partial charge in [0.1, 0.15) is 0 Å². The van der Waals surface area contributed by atoms with E-state index in [1.807, 2.05) is 6.92 Å². The number of benzene rings is 1. The quantitative estimate of drug-likeness (QED) is 0.854. The fraction of sp³-hybridized carbons (Fsp3) is 0.417. The molecule has 5 heteroatoms. The smallest absolute Gasteiger partial charge is 0.255 e. The molecule has 92 valence electrons. The molecule has 2 atom stereocenters. The van der Waals surface area contributed by atoms with E-state index in [9.17, 15) is 4.79 Å². The van der Waals surface area contributed by atoms with Crippen molar-refractivity contribution >= 4 is 29.1 Å². The van der Waals surface area contributed by atoms with E-state index < -0.39 is 0 Å². The summed E-state index contributed by atoms with van der Waals surface area (Å²) < 4.78 is 0. The highest BCUT2D eigenvalue weighted by Crippen LogP contribution is 2.27. The first-order valence-corrected chi connectivity index (χ1v) is 6.25. The maximum atomic E-state index is 12.2. The lowest BCUT2D eigenvalue weighted by atomic mass is 10.1. The topological polar surface area (TPSA) is 46.3 Å². The van der Waals surface area contributed by atoms with Crippen molar-refractivity contribution in [2.45, 2.75) is 13.0 Å². The normalized spacial score (nSPS) is 24.1. The van der Waals surface area contributed by atoms with Crippen LogP contribution in [0.3, 0.4) is 0 Å². The first kappa shape index (κ1) is 12.7. The fourth-order valence-corrected chi connectivity index (χ4v) is 2.38. The molecule has 3 nitrogen and oxygen atoms in total. The molecule has 1 heterocycles. The van der Waals surface area contributed by atoms with Crippen molar-refractivity contribution in [2.75, 3.05) is 13.1 Å². The van der Waals surface area contributed by atoms with Crippen LogP contribution in [0.2, 0.25) is 10.0 Å². The van der Waals surface area contributed by atoms with E-state index in [1.54, 1.807) is 23.1 Å². The molecule has 1 aliphatic rings. The highest BCUT2D eigenvalue weighted by Gasteiger charge is 2.31. The van der Waals surface area contributed by atoms with Crippen LogP contribution in [-0.4, -0.2) is 29.9 Å². The van der Waals surface area contributed by atoms with Crippen LogP contribution in [0.15, 0.2) is 18.2 Å². The van der Waals surface area contributed by atoms with Gasteiger partial charge in [0.15, 0.2) is 0 Å². The van der Waals surface area contributed by atoms with Gasteiger partial charge < -0.3 is 10.6 Å². The predicted molar refractivity (Wildman–Crippen MR) is 69.5 cm³/mol. The molecule has 1 aliphatic heterocycles. The molecule has 1 amide bonds. The Kier molecular flexibility index (Phi) is 3.61. The number of carbonyl (C=O) groups excluding carboxylic acids is 1. The summed E-state index contributed by atoms with van der Waals surface area (Å²) >= 11 is 11.9. The Morgan fingerprint density at radius 2 is 2.12 bits per heavy atom. The highest BCUT2D eigenvalue weighted by atomic mass is 35.5. The Morgan fingerprint density at radius 1 is 1.41 bits per heavy atom. The summed E-state index contributed by atoms with van der Waals surface area (Å²) in [5.41, 5.74) is 6.34. The summed E-state index contributed by atoms with van der Waals surface area (Å²) in [7, 11) is 0. The lowest BCUT2D eigenvalue weighted by Gasteiger charge is -2.17. The molecule has 2 unspecified atom stereocenters. The second-order valence-electron chi connectivity index (χ2n) is 4.45. The summed E-state index contributed by atoms with van der Waals surface area (Å²) in [6.45, 7) is 3.28. The van der Waals surface area contributed by atoms with Gasteiger partial charge in [-0.15, -0.1) is 0 Å². The van der Waals surface area contributed by atoms with Crippen LogP contribution in [0, 0.1) is 5.92 Å². The van der Waals surface area contributed by atoms with Crippen molar-refractivity contribution in [1.29, 1.82) is 0 Å². The van der Waals surface area contributed by atoms with Gasteiger partial charge in [0, 0.05) is 19.1 Å². The number of hydrogen-bond acceptors (Lipinski definition) is 2. The van der Waals surface area contributed by atoms with Gasteiger partial charge in [-0.05, 0) is 18.1 Å². The van der Waals surface area contributed by atoms with Crippen molar-refractivity contribution < 1.29 is 4.79 Å². The molecule has 0 saturated carbocycles. The Bertz CT molecular complexity index is 440. The molecule has 0 aliphatic carbocycles. The van der Waals surface area contributed by atoms with E-state index >= 15 is 0 Å². The fourth-order valence-electron chi connectivity index (χ4n) is 2.00. The van der Waals surface area contributed by atoms with Crippen LogP contribution in [0.4, 0.5) is 0 Å². The van der Waals surface area contributed by atoms with E-state index in [0.29, 0.717) is 34.6 Å². The van der Waals surface area contributed by atoms with E-state index in [4.69, 9.17) is 28.9 Å². The molecule has 2 N–H and O–H groups in total. The first-order chi connectivity index (χ1) is 8.00. The average molecular weight is 273 g/mol. The van der Waals surface area contributed by atoms with Crippen molar-refractivity contribution in [1.82, 2.24) is 4.90 Å². The molecule has 1 saturated heterocycles. The van der Waals surface area contributed by atoms with Gasteiger partial charge in [0.25, 0.3) is 5.91 Å². The van der Waals surface area contributed by atoms with Gasteiger partial charge in [-0.1, -0.05) is 36.2 Å². The molecule has 0 spiro atoms. The average Bonchev–Trinajstić information content (AvgIpc) is 2.62. The molecule has 1 aromatic carbocycles. The SMILES string of the molecule is CC1CN(C(=O)c2cccc(Cl)c2Cl)CC1N. The first-order valence-electron chi connectivity index (χ1n) is 5.49. The van der Waals surface area contributed by atoms with Crippen LogP contribution in [0.25, 0.3) is 0 Å². The summed E-state index contributed by atoms with van der Waals surface area (Å²) in [6, 6.07) is 5.11. The number of amides is 1. The molecule has 0 bridgehead atoms. The van der Waals surface area contributed by atoms with Crippen LogP contribution in [0.5, 0.6) is 0 Å². The Labute approximate surface area is 110 Å². The Hall–Kier alpha value is -0.770. The number of rotatable bonds is 1. The third-order valence-corrected chi connectivity index (χ3v) is 3.96. The second-order valence-corrected chi connectivity index (χ2v) is 5.24. The van der Waals surface area contributed by atoms with E-state index in [2.05, 4.69) is 0 Å². The van der Waals surface area contributed by atoms with E-state index in [1.165, 1.54) is 0 Å². The van der Waals surface area contributed by atoms with E-state index in [0.717, 1.165) is 0 Å². The van der Waals surface area contributed by atoms with Gasteiger partial charge in [-0.25, -0.2) is 0 Å². The van der Waals surface area contributed by atoms with Crippen LogP contribution in [-0.2, 0) is 0 Å². The third kappa shape index (κ3) is 2.41. The maximum absolute atomic E-state index is 12.2. The van der Waals surface area contributed by atoms with Gasteiger partial charge in [0.05, 0.1) is 15.6 Å². The lowest BCUT2D eigenvalue weighted by Crippen LogP contribution is -2.32. The molecule has 0 radical (unpaired) electrons. The predicted octanol–water partition coefficient (Wildman–Crippen LogP) is 2.41. The number of hydrogen-bond donors (Lipinski definition) is 1. The number of nitrogens with two attached hydrogens (primary N) is 1. The highest BCUT2D eigenvalue weighted by molar-refractivity contribution is 6.43. The second kappa shape index (κ2) is 4.84. The summed E-state index contributed by atoms with van der Waals surface area (Å²) in [4.78, 5) is 14.0. The van der Waals surface area contributed by atoms with Gasteiger partial charge >= 0.3 is 0 Å². The Balaban J connectivity index is 2.24. The van der Waals surface area contributed by atoms with Gasteiger partial charge in [-0.3, -0.25) is 4.79 Å². The zero-order valence-corrected chi connectivity index (χ0v) is 11.0. The molecule has 17 heavy (non-hydrogen) atoms. The van der Waals surface area contributed by atoms with Crippen molar-refractivity contribution in [3.63, 3.8) is 0 Å². The molecule has 1 aromatic rings. The standard InChI is InChI=1S/C12H14Cl2N2O/c1-7-5-16(6-10(7)15)12(17)8-3-2-4-9(13)11(8)14/h2-4,7,10H,5-6,15H2,1H3. The summed E-state index contributed by atoms with van der Waals surface area (Å²) in [5, 5.41) is 0.710. The Morgan fingerprint density at radius 3 is 2.71 bits per heavy atom. The van der Waals surface area contributed by atoms with E-state index in [-0.39, 0.29) is 11.9 Å². The minimum atomic E-state index is -0.0997. The number of halogens is 2. The monoisotopic (exact) mass is 272 g/mol. The largest absolute Gasteiger partial charge is 0.337 e. The van der Waals surface area contributed by atoms with Crippen LogP contribution < -0.4 is 5.73 Å². The summed E-state index contributed by atoms with van der Waals surface area (Å²) in [5.74, 6) is 0.217. The number of nitrogens with zero attached hydrogens (tertiary/aromatic N) is 1. The molecule has 2 rings (SSSR count). The van der Waals surface area contributed by atoms with Crippen molar-refractivity contribution in [3.8, 4) is 0 Å². The summed E-state index contributed by atoms with van der Waals surface area (Å²) in [6.07, 6.45) is 0. The van der Waals surface area contributed by atoms with Crippen molar-refractivity contribution in [2.24, 2.45) is 11.7 Å². The maximum Gasteiger partial charge on any atom is 0.255 e. The minimum absolute atomic E-state index is 0.0388. The van der Waals surface area contributed by atoms with Crippen LogP contribution in [0.1, 0.15) is 17.3 Å². The molecular formula is C12H14Cl2N2O.